The van der Waals surface area contributed by atoms with E-state index in [2.05, 4.69) is 31.9 Å². The molecule has 1 aliphatic carbocycles. The summed E-state index contributed by atoms with van der Waals surface area (Å²) in [6, 6.07) is 3.24. The molecule has 0 aromatic heterocycles. The number of benzene rings is 1. The number of hydrogen-bond acceptors (Lipinski definition) is 3. The Labute approximate surface area is 137 Å². The second-order valence-corrected chi connectivity index (χ2v) is 9.02. The minimum Gasteiger partial charge on any atom is -0.398 e. The summed E-state index contributed by atoms with van der Waals surface area (Å²) in [5, 5.41) is 0. The fourth-order valence-electron chi connectivity index (χ4n) is 2.11. The molecule has 0 radical (unpaired) electrons. The number of nitrogens with zero attached hydrogens (tertiary/aromatic N) is 1. The van der Waals surface area contributed by atoms with Gasteiger partial charge in [0.2, 0.25) is 10.0 Å². The van der Waals surface area contributed by atoms with Gasteiger partial charge in [0.1, 0.15) is 4.90 Å². The van der Waals surface area contributed by atoms with E-state index in [9.17, 15) is 8.42 Å². The molecule has 0 atom stereocenters. The summed E-state index contributed by atoms with van der Waals surface area (Å²) in [6.45, 7) is 4.35. The number of sulfonamides is 1. The molecular weight excluding hydrogens is 408 g/mol. The van der Waals surface area contributed by atoms with Crippen LogP contribution in [-0.2, 0) is 10.0 Å². The van der Waals surface area contributed by atoms with Gasteiger partial charge < -0.3 is 5.73 Å². The van der Waals surface area contributed by atoms with E-state index in [1.807, 2.05) is 13.8 Å². The molecule has 7 heteroatoms. The predicted octanol–water partition coefficient (Wildman–Crippen LogP) is 3.60. The van der Waals surface area contributed by atoms with Crippen LogP contribution in [0.5, 0.6) is 0 Å². The Bertz CT molecular complexity index is 590. The van der Waals surface area contributed by atoms with Gasteiger partial charge in [-0.25, -0.2) is 8.42 Å². The van der Waals surface area contributed by atoms with Crippen molar-refractivity contribution in [3.63, 3.8) is 0 Å². The van der Waals surface area contributed by atoms with Crippen molar-refractivity contribution in [1.82, 2.24) is 4.31 Å². The molecule has 2 N–H and O–H groups in total. The van der Waals surface area contributed by atoms with Crippen molar-refractivity contribution in [1.29, 1.82) is 0 Å². The van der Waals surface area contributed by atoms with Crippen molar-refractivity contribution < 1.29 is 8.42 Å². The van der Waals surface area contributed by atoms with Crippen molar-refractivity contribution >= 4 is 47.6 Å². The molecule has 1 aliphatic rings. The molecular formula is C13H18Br2N2O2S. The zero-order valence-electron chi connectivity index (χ0n) is 11.4. The smallest absolute Gasteiger partial charge is 0.246 e. The van der Waals surface area contributed by atoms with Gasteiger partial charge in [0.05, 0.1) is 5.69 Å². The van der Waals surface area contributed by atoms with E-state index < -0.39 is 10.0 Å². The molecule has 1 aromatic rings. The molecule has 0 spiro atoms. The van der Waals surface area contributed by atoms with Crippen molar-refractivity contribution in [2.45, 2.75) is 37.6 Å². The zero-order valence-corrected chi connectivity index (χ0v) is 15.4. The van der Waals surface area contributed by atoms with Crippen LogP contribution in [-0.4, -0.2) is 25.3 Å². The number of nitrogen functional groups attached to an aromatic ring is 1. The lowest BCUT2D eigenvalue weighted by molar-refractivity contribution is 0.341. The first-order chi connectivity index (χ1) is 9.23. The maximum atomic E-state index is 12.9. The van der Waals surface area contributed by atoms with Crippen LogP contribution < -0.4 is 5.73 Å². The average molecular weight is 426 g/mol. The van der Waals surface area contributed by atoms with Gasteiger partial charge in [0, 0.05) is 21.5 Å². The highest BCUT2D eigenvalue weighted by Crippen LogP contribution is 2.37. The van der Waals surface area contributed by atoms with Crippen molar-refractivity contribution in [2.24, 2.45) is 5.92 Å². The van der Waals surface area contributed by atoms with Crippen LogP contribution >= 0.6 is 31.9 Å². The Hall–Kier alpha value is -0.110. The van der Waals surface area contributed by atoms with Gasteiger partial charge in [-0.3, -0.25) is 0 Å². The van der Waals surface area contributed by atoms with Gasteiger partial charge in [0.15, 0.2) is 0 Å². The van der Waals surface area contributed by atoms with E-state index >= 15 is 0 Å². The lowest BCUT2D eigenvalue weighted by Crippen LogP contribution is -2.38. The summed E-state index contributed by atoms with van der Waals surface area (Å²) in [6.07, 6.45) is 2.21. The molecule has 1 aromatic carbocycles. The van der Waals surface area contributed by atoms with Crippen molar-refractivity contribution in [2.75, 3.05) is 12.3 Å². The summed E-state index contributed by atoms with van der Waals surface area (Å²) in [4.78, 5) is 0.162. The monoisotopic (exact) mass is 424 g/mol. The van der Waals surface area contributed by atoms with E-state index in [-0.39, 0.29) is 16.6 Å². The van der Waals surface area contributed by atoms with Crippen LogP contribution in [0.1, 0.15) is 26.7 Å². The summed E-state index contributed by atoms with van der Waals surface area (Å²) in [5.74, 6) is 0.489. The highest BCUT2D eigenvalue weighted by Gasteiger charge is 2.35. The first-order valence-electron chi connectivity index (χ1n) is 6.50. The first-order valence-corrected chi connectivity index (χ1v) is 9.52. The molecule has 0 bridgehead atoms. The summed E-state index contributed by atoms with van der Waals surface area (Å²) < 4.78 is 28.6. The molecule has 2 rings (SSSR count). The van der Waals surface area contributed by atoms with E-state index in [0.717, 1.165) is 17.3 Å². The number of halogens is 2. The van der Waals surface area contributed by atoms with E-state index in [0.29, 0.717) is 16.9 Å². The zero-order chi connectivity index (χ0) is 15.1. The quantitative estimate of drug-likeness (QED) is 0.733. The third-order valence-electron chi connectivity index (χ3n) is 3.31. The minimum absolute atomic E-state index is 0.0875. The molecule has 1 saturated carbocycles. The Morgan fingerprint density at radius 1 is 1.35 bits per heavy atom. The average Bonchev–Trinajstić information content (AvgIpc) is 3.06. The highest BCUT2D eigenvalue weighted by atomic mass is 79.9. The van der Waals surface area contributed by atoms with Crippen LogP contribution in [0.25, 0.3) is 0 Å². The topological polar surface area (TPSA) is 63.4 Å². The van der Waals surface area contributed by atoms with Gasteiger partial charge in [-0.1, -0.05) is 15.9 Å². The lowest BCUT2D eigenvalue weighted by atomic mass is 10.3. The Morgan fingerprint density at radius 2 is 1.95 bits per heavy atom. The van der Waals surface area contributed by atoms with Crippen LogP contribution in [0.4, 0.5) is 5.69 Å². The molecule has 20 heavy (non-hydrogen) atoms. The molecule has 0 aliphatic heterocycles. The Balaban J connectivity index is 2.47. The van der Waals surface area contributed by atoms with Crippen LogP contribution in [0.2, 0.25) is 0 Å². The second kappa shape index (κ2) is 5.94. The highest BCUT2D eigenvalue weighted by molar-refractivity contribution is 9.11. The molecule has 112 valence electrons. The number of hydrogen-bond donors (Lipinski definition) is 1. The molecule has 4 nitrogen and oxygen atoms in total. The van der Waals surface area contributed by atoms with Gasteiger partial charge in [-0.15, -0.1) is 0 Å². The predicted molar refractivity (Wildman–Crippen MR) is 88.0 cm³/mol. The van der Waals surface area contributed by atoms with Gasteiger partial charge in [-0.2, -0.15) is 4.31 Å². The molecule has 1 fully saturated rings. The van der Waals surface area contributed by atoms with Crippen LogP contribution in [0.15, 0.2) is 26.0 Å². The molecule has 0 saturated heterocycles. The molecule has 0 heterocycles. The summed E-state index contributed by atoms with van der Waals surface area (Å²) in [7, 11) is -3.59. The minimum atomic E-state index is -3.59. The van der Waals surface area contributed by atoms with Crippen molar-refractivity contribution in [3.8, 4) is 0 Å². The fourth-order valence-corrected chi connectivity index (χ4v) is 5.84. The second-order valence-electron chi connectivity index (χ2n) is 5.42. The standard InChI is InChI=1S/C13H18Br2N2O2S/c1-8(2)17(7-9-3-4-9)20(18,19)13-11(15)5-10(14)6-12(13)16/h5-6,8-9H,3-4,7,16H2,1-2H3. The first kappa shape index (κ1) is 16.3. The maximum absolute atomic E-state index is 12.9. The number of anilines is 1. The SMILES string of the molecule is CC(C)N(CC1CC1)S(=O)(=O)c1c(N)cc(Br)cc1Br. The summed E-state index contributed by atoms with van der Waals surface area (Å²) in [5.41, 5.74) is 6.18. The third kappa shape index (κ3) is 3.37. The Kier molecular flexibility index (Phi) is 4.83. The third-order valence-corrected chi connectivity index (χ3v) is 6.82. The van der Waals surface area contributed by atoms with Crippen LogP contribution in [0.3, 0.4) is 0 Å². The van der Waals surface area contributed by atoms with Gasteiger partial charge in [0.25, 0.3) is 0 Å². The van der Waals surface area contributed by atoms with Crippen LogP contribution in [0, 0.1) is 5.92 Å². The molecule has 0 unspecified atom stereocenters. The largest absolute Gasteiger partial charge is 0.398 e. The number of rotatable bonds is 5. The number of nitrogens with two attached hydrogens (primary N) is 1. The van der Waals surface area contributed by atoms with Gasteiger partial charge in [-0.05, 0) is 60.7 Å². The normalized spacial score (nSPS) is 16.1. The van der Waals surface area contributed by atoms with E-state index in [1.54, 1.807) is 16.4 Å². The van der Waals surface area contributed by atoms with Crippen molar-refractivity contribution in [3.05, 3.63) is 21.1 Å². The molecule has 0 amide bonds. The van der Waals surface area contributed by atoms with Gasteiger partial charge >= 0.3 is 0 Å². The lowest BCUT2D eigenvalue weighted by Gasteiger charge is -2.27. The summed E-state index contributed by atoms with van der Waals surface area (Å²) >= 11 is 6.63. The Morgan fingerprint density at radius 3 is 2.40 bits per heavy atom. The maximum Gasteiger partial charge on any atom is 0.246 e. The van der Waals surface area contributed by atoms with E-state index in [1.165, 1.54) is 0 Å². The fraction of sp³-hybridized carbons (Fsp3) is 0.538. The van der Waals surface area contributed by atoms with E-state index in [4.69, 9.17) is 5.73 Å².